The second-order valence-electron chi connectivity index (χ2n) is 7.35. The number of aromatic nitrogens is 3. The van der Waals surface area contributed by atoms with Gasteiger partial charge in [-0.2, -0.15) is 0 Å². The lowest BCUT2D eigenvalue weighted by molar-refractivity contribution is 0.0206. The van der Waals surface area contributed by atoms with Crippen LogP contribution in [0.1, 0.15) is 44.1 Å². The van der Waals surface area contributed by atoms with Gasteiger partial charge in [-0.05, 0) is 45.7 Å². The van der Waals surface area contributed by atoms with E-state index < -0.39 is 11.6 Å². The van der Waals surface area contributed by atoms with Crippen LogP contribution in [0.4, 0.5) is 10.6 Å². The molecule has 1 amide bonds. The van der Waals surface area contributed by atoms with Gasteiger partial charge in [0, 0.05) is 19.1 Å². The molecule has 0 aromatic carbocycles. The minimum absolute atomic E-state index is 0.00248. The van der Waals surface area contributed by atoms with E-state index in [-0.39, 0.29) is 17.8 Å². The van der Waals surface area contributed by atoms with E-state index in [1.165, 1.54) is 10.7 Å². The summed E-state index contributed by atoms with van der Waals surface area (Å²) in [7, 11) is 0. The summed E-state index contributed by atoms with van der Waals surface area (Å²) in [5.41, 5.74) is -0.0618. The molecule has 0 unspecified atom stereocenters. The topological polar surface area (TPSA) is 109 Å². The SMILES string of the molecule is CC(C)(C)OC(=O)N1CCC[C@@H](Nc2ccc3ncc(C(=O)O)n3n2)C1. The first-order valence-electron chi connectivity index (χ1n) is 8.55. The molecule has 0 spiro atoms. The van der Waals surface area contributed by atoms with Gasteiger partial charge in [0.05, 0.1) is 6.20 Å². The molecule has 9 heteroatoms. The quantitative estimate of drug-likeness (QED) is 0.863. The minimum Gasteiger partial charge on any atom is -0.476 e. The first-order valence-corrected chi connectivity index (χ1v) is 8.55. The van der Waals surface area contributed by atoms with Gasteiger partial charge in [-0.3, -0.25) is 0 Å². The number of carbonyl (C=O) groups excluding carboxylic acids is 1. The Labute approximate surface area is 151 Å². The minimum atomic E-state index is -1.09. The summed E-state index contributed by atoms with van der Waals surface area (Å²) in [6.45, 7) is 6.69. The number of aromatic carboxylic acids is 1. The first-order chi connectivity index (χ1) is 12.2. The fourth-order valence-corrected chi connectivity index (χ4v) is 2.89. The molecule has 9 nitrogen and oxygen atoms in total. The van der Waals surface area contributed by atoms with Crippen LogP contribution < -0.4 is 5.32 Å². The van der Waals surface area contributed by atoms with Crippen molar-refractivity contribution in [2.45, 2.75) is 45.3 Å². The molecule has 2 aromatic heterocycles. The summed E-state index contributed by atoms with van der Waals surface area (Å²) in [5, 5.41) is 16.8. The number of carboxylic acids is 1. The van der Waals surface area contributed by atoms with Crippen molar-refractivity contribution >= 4 is 23.5 Å². The monoisotopic (exact) mass is 361 g/mol. The molecule has 2 N–H and O–H groups in total. The van der Waals surface area contributed by atoms with Crippen LogP contribution in [0.2, 0.25) is 0 Å². The third-order valence-electron chi connectivity index (χ3n) is 4.01. The molecular weight excluding hydrogens is 338 g/mol. The van der Waals surface area contributed by atoms with E-state index in [0.29, 0.717) is 24.6 Å². The normalized spacial score (nSPS) is 18.0. The van der Waals surface area contributed by atoms with Crippen LogP contribution in [0.25, 0.3) is 5.65 Å². The number of amides is 1. The van der Waals surface area contributed by atoms with Crippen LogP contribution >= 0.6 is 0 Å². The van der Waals surface area contributed by atoms with Crippen LogP contribution in [-0.4, -0.2) is 61.4 Å². The number of anilines is 1. The fraction of sp³-hybridized carbons (Fsp3) is 0.529. The zero-order valence-corrected chi connectivity index (χ0v) is 15.1. The van der Waals surface area contributed by atoms with E-state index in [1.54, 1.807) is 17.0 Å². The van der Waals surface area contributed by atoms with Gasteiger partial charge in [0.2, 0.25) is 0 Å². The molecule has 1 fully saturated rings. The maximum Gasteiger partial charge on any atom is 0.410 e. The van der Waals surface area contributed by atoms with Gasteiger partial charge in [-0.1, -0.05) is 0 Å². The molecule has 140 valence electrons. The van der Waals surface area contributed by atoms with Crippen molar-refractivity contribution in [1.29, 1.82) is 0 Å². The summed E-state index contributed by atoms with van der Waals surface area (Å²) in [5.74, 6) is -0.551. The number of piperidine rings is 1. The molecule has 0 saturated carbocycles. The highest BCUT2D eigenvalue weighted by Crippen LogP contribution is 2.18. The molecule has 1 aliphatic rings. The van der Waals surface area contributed by atoms with Gasteiger partial charge in [0.15, 0.2) is 11.3 Å². The number of carboxylic acid groups (broad SMARTS) is 1. The van der Waals surface area contributed by atoms with Crippen LogP contribution in [-0.2, 0) is 4.74 Å². The molecule has 1 atom stereocenters. The van der Waals surface area contributed by atoms with Crippen molar-refractivity contribution in [2.75, 3.05) is 18.4 Å². The van der Waals surface area contributed by atoms with Crippen molar-refractivity contribution in [3.05, 3.63) is 24.0 Å². The summed E-state index contributed by atoms with van der Waals surface area (Å²) >= 11 is 0. The Morgan fingerprint density at radius 3 is 2.81 bits per heavy atom. The van der Waals surface area contributed by atoms with Crippen LogP contribution in [0.15, 0.2) is 18.3 Å². The average Bonchev–Trinajstić information content (AvgIpc) is 2.97. The van der Waals surface area contributed by atoms with Crippen molar-refractivity contribution in [1.82, 2.24) is 19.5 Å². The summed E-state index contributed by atoms with van der Waals surface area (Å²) < 4.78 is 6.72. The Morgan fingerprint density at radius 2 is 2.12 bits per heavy atom. The molecule has 2 aromatic rings. The number of imidazole rings is 1. The van der Waals surface area contributed by atoms with Gasteiger partial charge in [0.25, 0.3) is 0 Å². The van der Waals surface area contributed by atoms with E-state index in [1.807, 2.05) is 20.8 Å². The number of nitrogens with zero attached hydrogens (tertiary/aromatic N) is 4. The molecule has 0 radical (unpaired) electrons. The standard InChI is InChI=1S/C17H23N5O4/c1-17(2,3)26-16(25)21-8-4-5-11(10-21)19-13-6-7-14-18-9-12(15(23)24)22(14)20-13/h6-7,9,11H,4-5,8,10H2,1-3H3,(H,19,20)(H,23,24)/t11-/m1/s1. The van der Waals surface area contributed by atoms with Crippen LogP contribution in [0.3, 0.4) is 0 Å². The number of hydrogen-bond acceptors (Lipinski definition) is 6. The van der Waals surface area contributed by atoms with Crippen molar-refractivity contribution < 1.29 is 19.4 Å². The highest BCUT2D eigenvalue weighted by molar-refractivity contribution is 5.86. The second-order valence-corrected chi connectivity index (χ2v) is 7.35. The van der Waals surface area contributed by atoms with E-state index >= 15 is 0 Å². The van der Waals surface area contributed by atoms with Crippen LogP contribution in [0.5, 0.6) is 0 Å². The van der Waals surface area contributed by atoms with E-state index in [9.17, 15) is 14.7 Å². The van der Waals surface area contributed by atoms with Gasteiger partial charge in [-0.25, -0.2) is 19.1 Å². The van der Waals surface area contributed by atoms with Crippen molar-refractivity contribution in [3.63, 3.8) is 0 Å². The van der Waals surface area contributed by atoms with Crippen molar-refractivity contribution in [2.24, 2.45) is 0 Å². The Bertz CT molecular complexity index is 826. The maximum atomic E-state index is 12.3. The molecule has 26 heavy (non-hydrogen) atoms. The predicted molar refractivity (Wildman–Crippen MR) is 94.4 cm³/mol. The number of nitrogens with one attached hydrogen (secondary N) is 1. The largest absolute Gasteiger partial charge is 0.476 e. The average molecular weight is 361 g/mol. The maximum absolute atomic E-state index is 12.3. The molecular formula is C17H23N5O4. The fourth-order valence-electron chi connectivity index (χ4n) is 2.89. The molecule has 3 rings (SSSR count). The molecule has 1 aliphatic heterocycles. The zero-order valence-electron chi connectivity index (χ0n) is 15.1. The molecule has 0 aliphatic carbocycles. The lowest BCUT2D eigenvalue weighted by Gasteiger charge is -2.34. The third kappa shape index (κ3) is 4.04. The Balaban J connectivity index is 1.70. The number of likely N-dealkylation sites (tertiary alicyclic amines) is 1. The second kappa shape index (κ2) is 6.81. The molecule has 0 bridgehead atoms. The summed E-state index contributed by atoms with van der Waals surface area (Å²) in [6, 6.07) is 3.47. The smallest absolute Gasteiger partial charge is 0.410 e. The van der Waals surface area contributed by atoms with Gasteiger partial charge in [-0.15, -0.1) is 5.10 Å². The number of ether oxygens (including phenoxy) is 1. The van der Waals surface area contributed by atoms with Crippen LogP contribution in [0, 0.1) is 0 Å². The number of rotatable bonds is 3. The van der Waals surface area contributed by atoms with Gasteiger partial charge >= 0.3 is 12.1 Å². The highest BCUT2D eigenvalue weighted by atomic mass is 16.6. The number of fused-ring (bicyclic) bond motifs is 1. The van der Waals surface area contributed by atoms with Crippen molar-refractivity contribution in [3.8, 4) is 0 Å². The zero-order chi connectivity index (χ0) is 18.9. The molecule has 3 heterocycles. The van der Waals surface area contributed by atoms with E-state index in [0.717, 1.165) is 12.8 Å². The summed E-state index contributed by atoms with van der Waals surface area (Å²) in [4.78, 5) is 29.2. The van der Waals surface area contributed by atoms with Gasteiger partial charge in [0.1, 0.15) is 11.4 Å². The predicted octanol–water partition coefficient (Wildman–Crippen LogP) is 2.24. The Morgan fingerprint density at radius 1 is 1.35 bits per heavy atom. The molecule has 1 saturated heterocycles. The summed E-state index contributed by atoms with van der Waals surface area (Å²) in [6.07, 6.45) is 2.69. The Kier molecular flexibility index (Phi) is 4.71. The Hall–Kier alpha value is -2.84. The van der Waals surface area contributed by atoms with E-state index in [4.69, 9.17) is 4.74 Å². The lowest BCUT2D eigenvalue weighted by Crippen LogP contribution is -2.47. The van der Waals surface area contributed by atoms with E-state index in [2.05, 4.69) is 15.4 Å². The lowest BCUT2D eigenvalue weighted by atomic mass is 10.1. The number of hydrogen-bond donors (Lipinski definition) is 2. The highest BCUT2D eigenvalue weighted by Gasteiger charge is 2.27. The number of carbonyl (C=O) groups is 2. The third-order valence-corrected chi connectivity index (χ3v) is 4.01. The van der Waals surface area contributed by atoms with Gasteiger partial charge < -0.3 is 20.1 Å². The first kappa shape index (κ1) is 18.0.